The van der Waals surface area contributed by atoms with E-state index in [9.17, 15) is 35.8 Å². The highest BCUT2D eigenvalue weighted by atomic mass is 32.2. The minimum absolute atomic E-state index is 0.00101. The van der Waals surface area contributed by atoms with Crippen molar-refractivity contribution < 1.29 is 75.7 Å². The Labute approximate surface area is 495 Å². The lowest BCUT2D eigenvalue weighted by molar-refractivity contribution is -0.138. The molecule has 0 saturated carbocycles. The van der Waals surface area contributed by atoms with Gasteiger partial charge in [-0.2, -0.15) is 52.6 Å². The molecule has 27 nitrogen and oxygen atoms in total. The highest BCUT2D eigenvalue weighted by Crippen LogP contribution is 2.37. The molecule has 86 heavy (non-hydrogen) atoms. The first kappa shape index (κ1) is 67.2. The van der Waals surface area contributed by atoms with E-state index in [4.69, 9.17) is 39.8 Å². The summed E-state index contributed by atoms with van der Waals surface area (Å²) in [6.07, 6.45) is -0.0144. The summed E-state index contributed by atoms with van der Waals surface area (Å²) in [5.74, 6) is 0.146. The Kier molecular flexibility index (Phi) is 24.5. The Balaban J connectivity index is 0.000000307. The van der Waals surface area contributed by atoms with Gasteiger partial charge in [0.25, 0.3) is 20.2 Å². The molecule has 8 aromatic rings. The number of carbonyl (C=O) groups is 1. The number of phenolic OH excluding ortho intramolecular Hbond substituents is 1. The number of carboxylic acids is 1. The Hall–Kier alpha value is -9.63. The minimum Gasteiger partial charge on any atom is -0.507 e. The fourth-order valence-electron chi connectivity index (χ4n) is 7.61. The third-order valence-corrected chi connectivity index (χ3v) is 13.6. The maximum Gasteiger partial charge on any atom is 0.425 e. The van der Waals surface area contributed by atoms with Gasteiger partial charge in [0.1, 0.15) is 33.7 Å². The van der Waals surface area contributed by atoms with E-state index in [1.165, 1.54) is 12.1 Å². The summed E-state index contributed by atoms with van der Waals surface area (Å²) in [6.45, 7) is 10.1. The average molecular weight is 1260 g/mol. The van der Waals surface area contributed by atoms with Crippen LogP contribution in [0.2, 0.25) is 0 Å². The van der Waals surface area contributed by atoms with Gasteiger partial charge in [0, 0.05) is 29.2 Å². The molecule has 0 aliphatic heterocycles. The average Bonchev–Trinajstić information content (AvgIpc) is 1.49. The van der Waals surface area contributed by atoms with E-state index in [2.05, 4.69) is 51.5 Å². The molecule has 8 aromatic carbocycles. The number of benzene rings is 8. The van der Waals surface area contributed by atoms with E-state index in [-0.39, 0.29) is 36.2 Å². The highest BCUT2D eigenvalue weighted by molar-refractivity contribution is 7.86. The van der Waals surface area contributed by atoms with Crippen molar-refractivity contribution in [3.05, 3.63) is 161 Å². The topological polar surface area (TPSA) is 410 Å². The Morgan fingerprint density at radius 2 is 1.00 bits per heavy atom. The lowest BCUT2D eigenvalue weighted by Crippen LogP contribution is -2.10. The van der Waals surface area contributed by atoms with E-state index < -0.39 is 57.2 Å². The molecule has 0 atom stereocenters. The number of rotatable bonds is 19. The monoisotopic (exact) mass is 1250 g/mol. The number of anilines is 2. The van der Waals surface area contributed by atoms with Gasteiger partial charge in [-0.15, -0.1) is 30.4 Å². The second kappa shape index (κ2) is 31.3. The zero-order chi connectivity index (χ0) is 63.3. The summed E-state index contributed by atoms with van der Waals surface area (Å²) >= 11 is 0. The van der Waals surface area contributed by atoms with Crippen LogP contribution in [-0.2, 0) is 51.0 Å². The molecule has 31 heteroatoms. The molecule has 0 fully saturated rings. The summed E-state index contributed by atoms with van der Waals surface area (Å²) < 4.78 is 129. The van der Waals surface area contributed by atoms with Crippen molar-refractivity contribution in [2.45, 2.75) is 50.8 Å². The standard InChI is InChI=1S/C33H30N8O6S2.C22H24N2O5.2O3S/c1-19-13-25(36-40-30-16-21(3)29(37-34-5)15-22(30)4)9-11-27(19)38-35-24-10-12-28(20(2)14-24)39-41-31-18-26-23(17-33(31)49(45,46)47)7-6-8-32(26)48(42,43)44;1-15-2-3-16-12-18(6-9-20(16)22(15)27)24-14-29-19-7-4-17(5-8-19)23-13-28-11-10-21(25)26;2*1-4(2)3/h6-18H,1-5H3,(H,42,43,44)(H,45,46,47);2-9,12,23-24,27H,10-11,13-14H2,1H3,(H,25,26);;. The number of fused-ring (bicyclic) bond motifs is 2. The minimum atomic E-state index is -4.77. The summed E-state index contributed by atoms with van der Waals surface area (Å²) in [5, 5.41) is 60.4. The molecule has 0 spiro atoms. The van der Waals surface area contributed by atoms with E-state index >= 15 is 0 Å². The number of ether oxygens (including phenoxy) is 2. The summed E-state index contributed by atoms with van der Waals surface area (Å²) in [5.41, 5.74) is 9.25. The molecular formula is C55H54N10O17S4. The van der Waals surface area contributed by atoms with Gasteiger partial charge in [0.05, 0.1) is 47.2 Å². The van der Waals surface area contributed by atoms with Crippen LogP contribution < -0.4 is 15.4 Å². The van der Waals surface area contributed by atoms with Gasteiger partial charge in [-0.1, -0.05) is 24.3 Å². The molecular weight excluding hydrogens is 1200 g/mol. The number of phenols is 1. The normalized spacial score (nSPS) is 11.4. The number of nitrogens with zero attached hydrogens (tertiary/aromatic N) is 8. The number of hydrogen-bond acceptors (Lipinski definition) is 24. The fourth-order valence-corrected chi connectivity index (χ4v) is 8.96. The molecule has 0 amide bonds. The van der Waals surface area contributed by atoms with Gasteiger partial charge in [-0.3, -0.25) is 13.9 Å². The first-order valence-electron chi connectivity index (χ1n) is 24.8. The number of azo groups is 4. The van der Waals surface area contributed by atoms with Crippen molar-refractivity contribution in [2.75, 3.05) is 37.7 Å². The van der Waals surface area contributed by atoms with Crippen molar-refractivity contribution in [3.8, 4) is 11.5 Å². The van der Waals surface area contributed by atoms with Crippen LogP contribution in [0.1, 0.15) is 34.2 Å². The number of hydrogen-bond donors (Lipinski definition) is 6. The SMILES string of the molecule is CN=Nc1cc(C)c(N=Nc2ccc(N=Nc3ccc(N=Nc4cc5c(S(=O)(=O)O)cccc5cc4S(=O)(=O)O)c(C)c3)c(C)c2)cc1C.Cc1ccc2cc(NCOc3ccc(NCOCCC(=O)O)cc3)ccc2c1O.O=S(=O)=O.O=S(=O)=O. The number of carboxylic acid groups (broad SMARTS) is 1. The van der Waals surface area contributed by atoms with Crippen LogP contribution in [0, 0.1) is 34.6 Å². The Morgan fingerprint density at radius 1 is 0.500 bits per heavy atom. The van der Waals surface area contributed by atoms with Crippen molar-refractivity contribution in [1.29, 1.82) is 0 Å². The molecule has 6 N–H and O–H groups in total. The molecule has 8 rings (SSSR count). The first-order valence-corrected chi connectivity index (χ1v) is 29.7. The maximum atomic E-state index is 12.1. The Morgan fingerprint density at radius 3 is 1.55 bits per heavy atom. The van der Waals surface area contributed by atoms with Crippen LogP contribution in [0.15, 0.2) is 184 Å². The van der Waals surface area contributed by atoms with E-state index in [1.807, 2.05) is 100 Å². The molecule has 0 bridgehead atoms. The van der Waals surface area contributed by atoms with Gasteiger partial charge in [-0.25, -0.2) is 0 Å². The van der Waals surface area contributed by atoms with E-state index in [1.54, 1.807) is 44.3 Å². The van der Waals surface area contributed by atoms with Crippen LogP contribution in [0.5, 0.6) is 11.5 Å². The zero-order valence-corrected chi connectivity index (χ0v) is 49.6. The predicted molar refractivity (Wildman–Crippen MR) is 317 cm³/mol. The van der Waals surface area contributed by atoms with E-state index in [0.717, 1.165) is 74.0 Å². The van der Waals surface area contributed by atoms with Gasteiger partial charge < -0.3 is 30.3 Å². The molecule has 0 unspecified atom stereocenters. The van der Waals surface area contributed by atoms with Gasteiger partial charge in [0.15, 0.2) is 6.73 Å². The fraction of sp³-hybridized carbons (Fsp3) is 0.182. The lowest BCUT2D eigenvalue weighted by Gasteiger charge is -2.12. The molecule has 0 aromatic heterocycles. The molecule has 0 heterocycles. The molecule has 450 valence electrons. The number of aliphatic carboxylic acids is 1. The first-order chi connectivity index (χ1) is 40.6. The van der Waals surface area contributed by atoms with Crippen molar-refractivity contribution >= 4 is 120 Å². The zero-order valence-electron chi connectivity index (χ0n) is 46.3. The summed E-state index contributed by atoms with van der Waals surface area (Å²) in [7, 11) is -14.0. The lowest BCUT2D eigenvalue weighted by atomic mass is 10.1. The summed E-state index contributed by atoms with van der Waals surface area (Å²) in [6, 6.07) is 37.3. The molecule has 0 saturated heterocycles. The van der Waals surface area contributed by atoms with Crippen molar-refractivity contribution in [3.63, 3.8) is 0 Å². The second-order valence-electron chi connectivity index (χ2n) is 18.0. The van der Waals surface area contributed by atoms with Gasteiger partial charge in [-0.05, 0) is 182 Å². The van der Waals surface area contributed by atoms with Crippen LogP contribution in [-0.4, -0.2) is 94.5 Å². The van der Waals surface area contributed by atoms with Crippen LogP contribution in [0.4, 0.5) is 51.2 Å². The Bertz CT molecular complexity index is 4360. The number of nitrogens with one attached hydrogen (secondary N) is 2. The summed E-state index contributed by atoms with van der Waals surface area (Å²) in [4.78, 5) is 9.37. The molecule has 0 aliphatic rings. The van der Waals surface area contributed by atoms with Crippen LogP contribution in [0.25, 0.3) is 21.5 Å². The van der Waals surface area contributed by atoms with Gasteiger partial charge >= 0.3 is 27.2 Å². The smallest absolute Gasteiger partial charge is 0.425 e. The second-order valence-corrected chi connectivity index (χ2v) is 21.5. The number of aromatic hydroxyl groups is 1. The maximum absolute atomic E-state index is 12.1. The quantitative estimate of drug-likeness (QED) is 0.0189. The molecule has 0 radical (unpaired) electrons. The van der Waals surface area contributed by atoms with Crippen molar-refractivity contribution in [2.24, 2.45) is 40.9 Å². The van der Waals surface area contributed by atoms with Crippen LogP contribution >= 0.6 is 0 Å². The molecule has 0 aliphatic carbocycles. The largest absolute Gasteiger partial charge is 0.507 e. The van der Waals surface area contributed by atoms with Crippen molar-refractivity contribution in [1.82, 2.24) is 0 Å². The number of aryl methyl sites for hydroxylation is 5. The third-order valence-electron chi connectivity index (χ3n) is 11.8. The van der Waals surface area contributed by atoms with Crippen LogP contribution in [0.3, 0.4) is 0 Å². The van der Waals surface area contributed by atoms with Gasteiger partial charge in [0.2, 0.25) is 0 Å². The van der Waals surface area contributed by atoms with E-state index in [0.29, 0.717) is 46.5 Å². The highest BCUT2D eigenvalue weighted by Gasteiger charge is 2.21. The third kappa shape index (κ3) is 20.9. The predicted octanol–water partition coefficient (Wildman–Crippen LogP) is 12.7.